The third-order valence-corrected chi connectivity index (χ3v) is 3.75. The molecule has 1 aliphatic rings. The second kappa shape index (κ2) is 7.70. The number of alkyl carbamates (subject to hydrolysis) is 1. The van der Waals surface area contributed by atoms with Gasteiger partial charge in [-0.05, 0) is 39.8 Å². The summed E-state index contributed by atoms with van der Waals surface area (Å²) in [6, 6.07) is 5.75. The highest BCUT2D eigenvalue weighted by molar-refractivity contribution is 5.68. The Hall–Kier alpha value is -2.02. The lowest BCUT2D eigenvalue weighted by Gasteiger charge is -2.36. The van der Waals surface area contributed by atoms with Crippen molar-refractivity contribution in [2.24, 2.45) is 0 Å². The summed E-state index contributed by atoms with van der Waals surface area (Å²) in [7, 11) is 0. The number of piperazine rings is 1. The number of pyridine rings is 1. The number of hydrogen-bond acceptors (Lipinski definition) is 6. The predicted molar refractivity (Wildman–Crippen MR) is 96.1 cm³/mol. The molecule has 0 spiro atoms. The number of nitrogen functional groups attached to an aromatic ring is 1. The molecule has 2 heterocycles. The summed E-state index contributed by atoms with van der Waals surface area (Å²) in [4.78, 5) is 20.7. The molecule has 0 saturated carbocycles. The van der Waals surface area contributed by atoms with E-state index in [4.69, 9.17) is 10.5 Å². The molecule has 3 N–H and O–H groups in total. The summed E-state index contributed by atoms with van der Waals surface area (Å²) >= 11 is 0. The summed E-state index contributed by atoms with van der Waals surface area (Å²) in [5, 5.41) is 2.89. The first-order valence-corrected chi connectivity index (χ1v) is 8.42. The van der Waals surface area contributed by atoms with Gasteiger partial charge in [-0.25, -0.2) is 9.78 Å². The van der Waals surface area contributed by atoms with Crippen LogP contribution in [0.15, 0.2) is 18.2 Å². The number of ether oxygens (including phenoxy) is 1. The molecule has 7 heteroatoms. The van der Waals surface area contributed by atoms with Crippen molar-refractivity contribution in [3.8, 4) is 0 Å². The first-order valence-electron chi connectivity index (χ1n) is 8.42. The number of nitrogens with two attached hydrogens (primary N) is 1. The zero-order valence-corrected chi connectivity index (χ0v) is 15.1. The number of carbonyl (C=O) groups is 1. The number of nitrogens with one attached hydrogen (secondary N) is 1. The Bertz CT molecular complexity index is 550. The molecule has 2 rings (SSSR count). The molecule has 0 bridgehead atoms. The van der Waals surface area contributed by atoms with E-state index < -0.39 is 5.60 Å². The van der Waals surface area contributed by atoms with Crippen LogP contribution in [0.2, 0.25) is 0 Å². The second-order valence-corrected chi connectivity index (χ2v) is 7.26. The Balaban J connectivity index is 1.75. The van der Waals surface area contributed by atoms with E-state index in [0.717, 1.165) is 38.5 Å². The second-order valence-electron chi connectivity index (χ2n) is 7.26. The molecule has 1 aromatic heterocycles. The molecule has 0 aromatic carbocycles. The fourth-order valence-electron chi connectivity index (χ4n) is 2.72. The summed E-state index contributed by atoms with van der Waals surface area (Å²) in [6.45, 7) is 12.0. The van der Waals surface area contributed by atoms with E-state index in [1.54, 1.807) is 6.07 Å². The fraction of sp³-hybridized carbons (Fsp3) is 0.647. The van der Waals surface area contributed by atoms with E-state index in [0.29, 0.717) is 5.82 Å². The van der Waals surface area contributed by atoms with Crippen molar-refractivity contribution in [1.82, 2.24) is 15.2 Å². The number of aromatic nitrogens is 1. The first kappa shape index (κ1) is 18.3. The molecule has 24 heavy (non-hydrogen) atoms. The van der Waals surface area contributed by atoms with Crippen molar-refractivity contribution in [2.45, 2.75) is 39.3 Å². The van der Waals surface area contributed by atoms with Crippen molar-refractivity contribution in [1.29, 1.82) is 0 Å². The lowest BCUT2D eigenvalue weighted by Crippen LogP contribution is -2.51. The number of rotatable bonds is 4. The van der Waals surface area contributed by atoms with Crippen molar-refractivity contribution in [2.75, 3.05) is 43.4 Å². The number of hydrogen-bond donors (Lipinski definition) is 2. The van der Waals surface area contributed by atoms with Crippen LogP contribution in [0.5, 0.6) is 0 Å². The molecular weight excluding hydrogens is 306 g/mol. The minimum Gasteiger partial charge on any atom is -0.444 e. The van der Waals surface area contributed by atoms with E-state index >= 15 is 0 Å². The molecule has 1 atom stereocenters. The third kappa shape index (κ3) is 5.88. The largest absolute Gasteiger partial charge is 0.444 e. The first-order chi connectivity index (χ1) is 11.2. The quantitative estimate of drug-likeness (QED) is 0.871. The van der Waals surface area contributed by atoms with E-state index in [9.17, 15) is 4.79 Å². The average molecular weight is 335 g/mol. The summed E-state index contributed by atoms with van der Waals surface area (Å²) in [6.07, 6.45) is -0.363. The van der Waals surface area contributed by atoms with Gasteiger partial charge in [0, 0.05) is 38.8 Å². The number of carbonyl (C=O) groups excluding carboxylic acids is 1. The van der Waals surface area contributed by atoms with Gasteiger partial charge >= 0.3 is 6.09 Å². The number of nitrogens with zero attached hydrogens (tertiary/aromatic N) is 3. The highest BCUT2D eigenvalue weighted by Crippen LogP contribution is 2.15. The topological polar surface area (TPSA) is 83.7 Å². The summed E-state index contributed by atoms with van der Waals surface area (Å²) < 4.78 is 5.29. The Morgan fingerprint density at radius 1 is 1.33 bits per heavy atom. The Morgan fingerprint density at radius 2 is 2.00 bits per heavy atom. The molecule has 0 radical (unpaired) electrons. The normalized spacial score (nSPS) is 17.4. The van der Waals surface area contributed by atoms with Crippen LogP contribution < -0.4 is 16.0 Å². The van der Waals surface area contributed by atoms with Crippen molar-refractivity contribution < 1.29 is 9.53 Å². The zero-order valence-electron chi connectivity index (χ0n) is 15.1. The van der Waals surface area contributed by atoms with Crippen LogP contribution in [0.25, 0.3) is 0 Å². The maximum atomic E-state index is 11.8. The molecule has 1 fully saturated rings. The van der Waals surface area contributed by atoms with Crippen LogP contribution in [-0.4, -0.2) is 60.3 Å². The van der Waals surface area contributed by atoms with Gasteiger partial charge in [-0.3, -0.25) is 4.90 Å². The lowest BCUT2D eigenvalue weighted by molar-refractivity contribution is 0.0496. The van der Waals surface area contributed by atoms with Gasteiger partial charge in [0.15, 0.2) is 0 Å². The number of anilines is 2. The van der Waals surface area contributed by atoms with E-state index in [1.165, 1.54) is 0 Å². The van der Waals surface area contributed by atoms with Gasteiger partial charge in [0.25, 0.3) is 0 Å². The summed E-state index contributed by atoms with van der Waals surface area (Å²) in [5.41, 5.74) is 5.28. The zero-order chi connectivity index (χ0) is 17.7. The van der Waals surface area contributed by atoms with Gasteiger partial charge in [0.1, 0.15) is 17.2 Å². The highest BCUT2D eigenvalue weighted by Gasteiger charge is 2.22. The van der Waals surface area contributed by atoms with E-state index in [2.05, 4.69) is 20.1 Å². The molecule has 1 aromatic rings. The van der Waals surface area contributed by atoms with E-state index in [-0.39, 0.29) is 12.1 Å². The van der Waals surface area contributed by atoms with Crippen LogP contribution >= 0.6 is 0 Å². The SMILES string of the molecule is CC(CN1CCN(c2cccc(N)n2)CC1)NC(=O)OC(C)(C)C. The Morgan fingerprint density at radius 3 is 2.58 bits per heavy atom. The van der Waals surface area contributed by atoms with Crippen molar-refractivity contribution in [3.05, 3.63) is 18.2 Å². The van der Waals surface area contributed by atoms with Gasteiger partial charge in [-0.15, -0.1) is 0 Å². The molecule has 1 unspecified atom stereocenters. The maximum absolute atomic E-state index is 11.8. The standard InChI is InChI=1S/C17H29N5O2/c1-13(19-16(23)24-17(2,3)4)12-21-8-10-22(11-9-21)15-7-5-6-14(18)20-15/h5-7,13H,8-12H2,1-4H3,(H2,18,20)(H,19,23). The maximum Gasteiger partial charge on any atom is 0.407 e. The minimum absolute atomic E-state index is 0.0388. The molecule has 7 nitrogen and oxygen atoms in total. The van der Waals surface area contributed by atoms with Crippen LogP contribution in [0.4, 0.5) is 16.4 Å². The molecule has 134 valence electrons. The van der Waals surface area contributed by atoms with Crippen LogP contribution in [-0.2, 0) is 4.74 Å². The molecule has 1 aliphatic heterocycles. The van der Waals surface area contributed by atoms with Crippen LogP contribution in [0.1, 0.15) is 27.7 Å². The monoisotopic (exact) mass is 335 g/mol. The van der Waals surface area contributed by atoms with Crippen LogP contribution in [0, 0.1) is 0 Å². The molecule has 1 amide bonds. The van der Waals surface area contributed by atoms with Gasteiger partial charge in [0.2, 0.25) is 0 Å². The number of amides is 1. The highest BCUT2D eigenvalue weighted by atomic mass is 16.6. The molecular formula is C17H29N5O2. The Kier molecular flexibility index (Phi) is 5.88. The molecule has 1 saturated heterocycles. The Labute approximate surface area is 144 Å². The van der Waals surface area contributed by atoms with E-state index in [1.807, 2.05) is 39.8 Å². The van der Waals surface area contributed by atoms with Gasteiger partial charge in [-0.1, -0.05) is 6.07 Å². The van der Waals surface area contributed by atoms with Gasteiger partial charge < -0.3 is 20.7 Å². The van der Waals surface area contributed by atoms with Crippen LogP contribution in [0.3, 0.4) is 0 Å². The van der Waals surface area contributed by atoms with Crippen molar-refractivity contribution in [3.63, 3.8) is 0 Å². The fourth-order valence-corrected chi connectivity index (χ4v) is 2.72. The van der Waals surface area contributed by atoms with Crippen molar-refractivity contribution >= 4 is 17.7 Å². The van der Waals surface area contributed by atoms with Gasteiger partial charge in [0.05, 0.1) is 0 Å². The lowest BCUT2D eigenvalue weighted by atomic mass is 10.2. The third-order valence-electron chi connectivity index (χ3n) is 3.75. The predicted octanol–water partition coefficient (Wildman–Crippen LogP) is 1.70. The smallest absolute Gasteiger partial charge is 0.407 e. The van der Waals surface area contributed by atoms with Gasteiger partial charge in [-0.2, -0.15) is 0 Å². The summed E-state index contributed by atoms with van der Waals surface area (Å²) in [5.74, 6) is 1.47. The average Bonchev–Trinajstić information content (AvgIpc) is 2.45. The molecule has 0 aliphatic carbocycles. The minimum atomic E-state index is -0.472.